The predicted molar refractivity (Wildman–Crippen MR) is 90.3 cm³/mol. The molecule has 3 aliphatic rings. The van der Waals surface area contributed by atoms with Gasteiger partial charge in [0.1, 0.15) is 5.82 Å². The summed E-state index contributed by atoms with van der Waals surface area (Å²) in [6, 6.07) is 6.01. The first-order valence-corrected chi connectivity index (χ1v) is 8.91. The molecular weight excluding hydrogens is 288 g/mol. The number of anilines is 1. The lowest BCUT2D eigenvalue weighted by atomic mass is 9.66. The van der Waals surface area contributed by atoms with Crippen LogP contribution < -0.4 is 10.2 Å². The summed E-state index contributed by atoms with van der Waals surface area (Å²) in [6.45, 7) is 5.77. The zero-order valence-electron chi connectivity index (χ0n) is 13.7. The van der Waals surface area contributed by atoms with Gasteiger partial charge in [0.25, 0.3) is 0 Å². The number of amides is 1. The molecule has 1 aromatic rings. The number of aromatic nitrogens is 1. The second-order valence-electron chi connectivity index (χ2n) is 7.38. The Morgan fingerprint density at radius 2 is 1.87 bits per heavy atom. The van der Waals surface area contributed by atoms with Gasteiger partial charge in [-0.25, -0.2) is 4.98 Å². The lowest BCUT2D eigenvalue weighted by Gasteiger charge is -2.48. The number of hydrogen-bond acceptors (Lipinski definition) is 4. The molecule has 3 heterocycles. The maximum absolute atomic E-state index is 12.8. The highest BCUT2D eigenvalue weighted by Gasteiger charge is 2.42. The summed E-state index contributed by atoms with van der Waals surface area (Å²) >= 11 is 0. The minimum absolute atomic E-state index is 0.266. The number of nitrogens with one attached hydrogen (secondary N) is 1. The maximum Gasteiger partial charge on any atom is 0.225 e. The van der Waals surface area contributed by atoms with Crippen LogP contribution in [0.15, 0.2) is 24.4 Å². The number of pyridine rings is 1. The van der Waals surface area contributed by atoms with Gasteiger partial charge in [-0.05, 0) is 43.2 Å². The van der Waals surface area contributed by atoms with E-state index in [1.807, 2.05) is 24.4 Å². The minimum Gasteiger partial charge on any atom is -0.353 e. The van der Waals surface area contributed by atoms with Crippen molar-refractivity contribution >= 4 is 11.7 Å². The number of rotatable bonds is 2. The van der Waals surface area contributed by atoms with Gasteiger partial charge in [-0.15, -0.1) is 0 Å². The summed E-state index contributed by atoms with van der Waals surface area (Å²) in [5.41, 5.74) is 0.536. The molecule has 23 heavy (non-hydrogen) atoms. The zero-order chi connectivity index (χ0) is 15.7. The van der Waals surface area contributed by atoms with Crippen LogP contribution in [0.1, 0.15) is 25.7 Å². The Morgan fingerprint density at radius 1 is 1.13 bits per heavy atom. The molecule has 2 aliphatic heterocycles. The molecule has 1 N–H and O–H groups in total. The number of carbonyl (C=O) groups is 1. The average molecular weight is 314 g/mol. The summed E-state index contributed by atoms with van der Waals surface area (Å²) in [4.78, 5) is 21.6. The van der Waals surface area contributed by atoms with Crippen molar-refractivity contribution < 1.29 is 4.79 Å². The second-order valence-corrected chi connectivity index (χ2v) is 7.38. The van der Waals surface area contributed by atoms with Crippen LogP contribution in [-0.4, -0.2) is 55.1 Å². The van der Waals surface area contributed by atoms with Crippen molar-refractivity contribution in [1.82, 2.24) is 15.2 Å². The third-order valence-electron chi connectivity index (χ3n) is 5.96. The van der Waals surface area contributed by atoms with Crippen LogP contribution in [0.5, 0.6) is 0 Å². The Morgan fingerprint density at radius 3 is 2.43 bits per heavy atom. The molecule has 0 atom stereocenters. The molecular formula is C18H26N4O. The largest absolute Gasteiger partial charge is 0.353 e. The smallest absolute Gasteiger partial charge is 0.225 e. The molecule has 0 radical (unpaired) electrons. The normalized spacial score (nSPS) is 24.5. The topological polar surface area (TPSA) is 48.5 Å². The standard InChI is InChI=1S/C18H26N4O/c23-17(15-4-6-18(7-5-15)13-19-14-18)22-11-9-21(10-12-22)16-3-1-2-8-20-16/h1-3,8,15,19H,4-7,9-14H2. The Kier molecular flexibility index (Phi) is 3.97. The van der Waals surface area contributed by atoms with Gasteiger partial charge >= 0.3 is 0 Å². The molecule has 5 heteroatoms. The molecule has 3 fully saturated rings. The molecule has 4 rings (SSSR count). The van der Waals surface area contributed by atoms with Gasteiger partial charge in [0.05, 0.1) is 0 Å². The van der Waals surface area contributed by atoms with Crippen LogP contribution in [0, 0.1) is 11.3 Å². The highest BCUT2D eigenvalue weighted by molar-refractivity contribution is 5.79. The van der Waals surface area contributed by atoms with Crippen molar-refractivity contribution in [3.63, 3.8) is 0 Å². The van der Waals surface area contributed by atoms with Crippen molar-refractivity contribution in [2.45, 2.75) is 25.7 Å². The van der Waals surface area contributed by atoms with Crippen molar-refractivity contribution in [2.75, 3.05) is 44.2 Å². The predicted octanol–water partition coefficient (Wildman–Crippen LogP) is 1.51. The van der Waals surface area contributed by atoms with Gasteiger partial charge in [-0.3, -0.25) is 4.79 Å². The molecule has 0 aromatic carbocycles. The van der Waals surface area contributed by atoms with E-state index in [1.54, 1.807) is 0 Å². The number of carbonyl (C=O) groups excluding carboxylic acids is 1. The van der Waals surface area contributed by atoms with Crippen molar-refractivity contribution in [3.8, 4) is 0 Å². The van der Waals surface area contributed by atoms with Gasteiger partial charge in [0.2, 0.25) is 5.91 Å². The Hall–Kier alpha value is -1.62. The minimum atomic E-state index is 0.266. The SMILES string of the molecule is O=C(C1CCC2(CC1)CNC2)N1CCN(c2ccccn2)CC1. The van der Waals surface area contributed by atoms with Crippen LogP contribution in [0.2, 0.25) is 0 Å². The molecule has 5 nitrogen and oxygen atoms in total. The van der Waals surface area contributed by atoms with Crippen LogP contribution >= 0.6 is 0 Å². The number of nitrogens with zero attached hydrogens (tertiary/aromatic N) is 3. The van der Waals surface area contributed by atoms with E-state index in [0.717, 1.165) is 57.9 Å². The summed E-state index contributed by atoms with van der Waals surface area (Å²) in [5.74, 6) is 1.69. The molecule has 0 unspecified atom stereocenters. The first-order chi connectivity index (χ1) is 11.3. The van der Waals surface area contributed by atoms with Crippen LogP contribution in [0.3, 0.4) is 0 Å². The van der Waals surface area contributed by atoms with E-state index in [1.165, 1.54) is 12.8 Å². The average Bonchev–Trinajstić information content (AvgIpc) is 2.61. The second kappa shape index (κ2) is 6.11. The Bertz CT molecular complexity index is 539. The highest BCUT2D eigenvalue weighted by Crippen LogP contribution is 2.42. The summed E-state index contributed by atoms with van der Waals surface area (Å²) in [5, 5.41) is 3.39. The molecule has 1 amide bonds. The van der Waals surface area contributed by atoms with E-state index in [4.69, 9.17) is 0 Å². The molecule has 1 saturated carbocycles. The summed E-state index contributed by atoms with van der Waals surface area (Å²) < 4.78 is 0. The lowest BCUT2D eigenvalue weighted by Crippen LogP contribution is -2.56. The summed E-state index contributed by atoms with van der Waals surface area (Å²) in [7, 11) is 0. The van der Waals surface area contributed by atoms with Crippen molar-refractivity contribution in [3.05, 3.63) is 24.4 Å². The van der Waals surface area contributed by atoms with Crippen LogP contribution in [-0.2, 0) is 4.79 Å². The maximum atomic E-state index is 12.8. The Balaban J connectivity index is 1.29. The first-order valence-electron chi connectivity index (χ1n) is 8.91. The van der Waals surface area contributed by atoms with Crippen molar-refractivity contribution in [1.29, 1.82) is 0 Å². The van der Waals surface area contributed by atoms with E-state index >= 15 is 0 Å². The Labute approximate surface area is 138 Å². The summed E-state index contributed by atoms with van der Waals surface area (Å²) in [6.07, 6.45) is 6.45. The fraction of sp³-hybridized carbons (Fsp3) is 0.667. The molecule has 1 spiro atoms. The number of piperazine rings is 1. The molecule has 1 aliphatic carbocycles. The zero-order valence-corrected chi connectivity index (χ0v) is 13.7. The highest BCUT2D eigenvalue weighted by atomic mass is 16.2. The van der Waals surface area contributed by atoms with Crippen LogP contribution in [0.4, 0.5) is 5.82 Å². The third kappa shape index (κ3) is 2.94. The third-order valence-corrected chi connectivity index (χ3v) is 5.96. The fourth-order valence-corrected chi connectivity index (χ4v) is 4.26. The monoisotopic (exact) mass is 314 g/mol. The van der Waals surface area contributed by atoms with E-state index < -0.39 is 0 Å². The molecule has 124 valence electrons. The molecule has 0 bridgehead atoms. The lowest BCUT2D eigenvalue weighted by molar-refractivity contribution is -0.138. The van der Waals surface area contributed by atoms with Gasteiger partial charge in [0, 0.05) is 51.4 Å². The van der Waals surface area contributed by atoms with E-state index in [9.17, 15) is 4.79 Å². The van der Waals surface area contributed by atoms with Gasteiger partial charge in [0.15, 0.2) is 0 Å². The van der Waals surface area contributed by atoms with Gasteiger partial charge in [-0.2, -0.15) is 0 Å². The van der Waals surface area contributed by atoms with Gasteiger partial charge < -0.3 is 15.1 Å². The first kappa shape index (κ1) is 14.9. The number of hydrogen-bond donors (Lipinski definition) is 1. The van der Waals surface area contributed by atoms with E-state index in [0.29, 0.717) is 11.3 Å². The van der Waals surface area contributed by atoms with E-state index in [2.05, 4.69) is 20.1 Å². The van der Waals surface area contributed by atoms with Crippen LogP contribution in [0.25, 0.3) is 0 Å². The molecule has 2 saturated heterocycles. The molecule has 1 aromatic heterocycles. The van der Waals surface area contributed by atoms with E-state index in [-0.39, 0.29) is 5.92 Å². The van der Waals surface area contributed by atoms with Gasteiger partial charge in [-0.1, -0.05) is 6.07 Å². The van der Waals surface area contributed by atoms with Crippen molar-refractivity contribution in [2.24, 2.45) is 11.3 Å². The fourth-order valence-electron chi connectivity index (χ4n) is 4.26. The quantitative estimate of drug-likeness (QED) is 0.899.